The third-order valence-electron chi connectivity index (χ3n) is 4.96. The maximum atomic E-state index is 12.6. The Kier molecular flexibility index (Phi) is 3.26. The number of nitrogens with one attached hydrogen (secondary N) is 2. The van der Waals surface area contributed by atoms with Crippen molar-refractivity contribution in [3.05, 3.63) is 23.9 Å². The predicted octanol–water partition coefficient (Wildman–Crippen LogP) is 1.40. The van der Waals surface area contributed by atoms with Crippen molar-refractivity contribution in [2.24, 2.45) is 5.92 Å². The van der Waals surface area contributed by atoms with E-state index >= 15 is 0 Å². The molecule has 1 atom stereocenters. The zero-order chi connectivity index (χ0) is 15.1. The van der Waals surface area contributed by atoms with Gasteiger partial charge in [0.2, 0.25) is 0 Å². The minimum absolute atomic E-state index is 0.0878. The summed E-state index contributed by atoms with van der Waals surface area (Å²) in [6.07, 6.45) is 2.37. The number of rotatable bonds is 3. The summed E-state index contributed by atoms with van der Waals surface area (Å²) >= 11 is 0. The van der Waals surface area contributed by atoms with Crippen LogP contribution in [-0.4, -0.2) is 53.8 Å². The SMILES string of the molecule is COc1ccc2c(C(=O)N[C@H]3CN4CCC3CC4)n[nH]c2c1. The van der Waals surface area contributed by atoms with E-state index in [0.717, 1.165) is 23.2 Å². The molecule has 0 spiro atoms. The Hall–Kier alpha value is -2.08. The van der Waals surface area contributed by atoms with Crippen LogP contribution in [-0.2, 0) is 0 Å². The van der Waals surface area contributed by atoms with E-state index in [1.165, 1.54) is 25.9 Å². The molecule has 0 unspecified atom stereocenters. The number of aromatic nitrogens is 2. The second-order valence-corrected chi connectivity index (χ2v) is 6.20. The molecule has 3 aliphatic heterocycles. The average Bonchev–Trinajstić information content (AvgIpc) is 2.99. The highest BCUT2D eigenvalue weighted by molar-refractivity contribution is 6.05. The summed E-state index contributed by atoms with van der Waals surface area (Å²) in [5.74, 6) is 1.27. The number of fused-ring (bicyclic) bond motifs is 4. The second kappa shape index (κ2) is 5.28. The van der Waals surface area contributed by atoms with Crippen LogP contribution in [0.25, 0.3) is 10.9 Å². The van der Waals surface area contributed by atoms with Crippen molar-refractivity contribution in [2.75, 3.05) is 26.7 Å². The van der Waals surface area contributed by atoms with Crippen LogP contribution in [0, 0.1) is 5.92 Å². The molecule has 3 fully saturated rings. The smallest absolute Gasteiger partial charge is 0.272 e. The molecule has 0 saturated carbocycles. The van der Waals surface area contributed by atoms with Gasteiger partial charge in [-0.15, -0.1) is 0 Å². The molecule has 6 nitrogen and oxygen atoms in total. The van der Waals surface area contributed by atoms with E-state index in [9.17, 15) is 4.79 Å². The molecule has 2 bridgehead atoms. The summed E-state index contributed by atoms with van der Waals surface area (Å²) in [5.41, 5.74) is 1.28. The summed E-state index contributed by atoms with van der Waals surface area (Å²) in [5, 5.41) is 11.1. The van der Waals surface area contributed by atoms with Gasteiger partial charge in [0.05, 0.1) is 12.6 Å². The maximum Gasteiger partial charge on any atom is 0.272 e. The van der Waals surface area contributed by atoms with Gasteiger partial charge in [-0.05, 0) is 44.0 Å². The molecule has 1 aromatic heterocycles. The largest absolute Gasteiger partial charge is 0.497 e. The predicted molar refractivity (Wildman–Crippen MR) is 83.1 cm³/mol. The van der Waals surface area contributed by atoms with E-state index in [1.54, 1.807) is 7.11 Å². The summed E-state index contributed by atoms with van der Waals surface area (Å²) in [4.78, 5) is 15.0. The lowest BCUT2D eigenvalue weighted by Gasteiger charge is -2.44. The molecule has 3 aliphatic rings. The molecule has 3 saturated heterocycles. The molecule has 1 aromatic carbocycles. The van der Waals surface area contributed by atoms with E-state index in [2.05, 4.69) is 20.4 Å². The van der Waals surface area contributed by atoms with Crippen molar-refractivity contribution >= 4 is 16.8 Å². The number of ether oxygens (including phenoxy) is 1. The minimum atomic E-state index is -0.0878. The van der Waals surface area contributed by atoms with Gasteiger partial charge in [0.25, 0.3) is 5.91 Å². The molecular formula is C16H20N4O2. The molecule has 2 aromatic rings. The van der Waals surface area contributed by atoms with Gasteiger partial charge in [0, 0.05) is 24.0 Å². The second-order valence-electron chi connectivity index (χ2n) is 6.20. The van der Waals surface area contributed by atoms with Crippen LogP contribution in [0.5, 0.6) is 5.75 Å². The molecule has 2 N–H and O–H groups in total. The molecule has 116 valence electrons. The van der Waals surface area contributed by atoms with Crippen molar-refractivity contribution in [2.45, 2.75) is 18.9 Å². The van der Waals surface area contributed by atoms with Gasteiger partial charge in [-0.2, -0.15) is 5.10 Å². The molecule has 0 radical (unpaired) electrons. The Morgan fingerprint density at radius 2 is 2.23 bits per heavy atom. The van der Waals surface area contributed by atoms with Gasteiger partial charge in [0.1, 0.15) is 5.75 Å². The summed E-state index contributed by atoms with van der Waals surface area (Å²) < 4.78 is 5.19. The zero-order valence-corrected chi connectivity index (χ0v) is 12.6. The van der Waals surface area contributed by atoms with E-state index < -0.39 is 0 Å². The maximum absolute atomic E-state index is 12.6. The minimum Gasteiger partial charge on any atom is -0.497 e. The number of amides is 1. The Labute approximate surface area is 128 Å². The van der Waals surface area contributed by atoms with E-state index in [4.69, 9.17) is 4.74 Å². The topological polar surface area (TPSA) is 70.2 Å². The lowest BCUT2D eigenvalue weighted by Crippen LogP contribution is -2.57. The van der Waals surface area contributed by atoms with Crippen LogP contribution in [0.2, 0.25) is 0 Å². The first-order chi connectivity index (χ1) is 10.7. The Balaban J connectivity index is 1.55. The number of piperidine rings is 3. The zero-order valence-electron chi connectivity index (χ0n) is 12.6. The van der Waals surface area contributed by atoms with Gasteiger partial charge in [-0.25, -0.2) is 0 Å². The lowest BCUT2D eigenvalue weighted by molar-refractivity contribution is 0.0618. The quantitative estimate of drug-likeness (QED) is 0.899. The number of aromatic amines is 1. The van der Waals surface area contributed by atoms with E-state index in [0.29, 0.717) is 11.6 Å². The third-order valence-corrected chi connectivity index (χ3v) is 4.96. The monoisotopic (exact) mass is 300 g/mol. The van der Waals surface area contributed by atoms with Gasteiger partial charge in [-0.3, -0.25) is 9.89 Å². The number of carbonyl (C=O) groups is 1. The van der Waals surface area contributed by atoms with Crippen molar-refractivity contribution in [1.29, 1.82) is 0 Å². The van der Waals surface area contributed by atoms with Crippen LogP contribution >= 0.6 is 0 Å². The van der Waals surface area contributed by atoms with Crippen LogP contribution < -0.4 is 10.1 Å². The Morgan fingerprint density at radius 1 is 1.41 bits per heavy atom. The molecule has 4 heterocycles. The van der Waals surface area contributed by atoms with Gasteiger partial charge in [-0.1, -0.05) is 0 Å². The highest BCUT2D eigenvalue weighted by Crippen LogP contribution is 2.28. The van der Waals surface area contributed by atoms with Gasteiger partial charge >= 0.3 is 0 Å². The lowest BCUT2D eigenvalue weighted by atomic mass is 9.84. The number of carbonyl (C=O) groups excluding carboxylic acids is 1. The molecule has 0 aliphatic carbocycles. The third kappa shape index (κ3) is 2.23. The van der Waals surface area contributed by atoms with Crippen molar-refractivity contribution < 1.29 is 9.53 Å². The summed E-state index contributed by atoms with van der Waals surface area (Å²) in [6.45, 7) is 3.30. The van der Waals surface area contributed by atoms with E-state index in [-0.39, 0.29) is 11.9 Å². The first kappa shape index (κ1) is 13.6. The first-order valence-electron chi connectivity index (χ1n) is 7.80. The highest BCUT2D eigenvalue weighted by Gasteiger charge is 2.35. The van der Waals surface area contributed by atoms with Crippen molar-refractivity contribution in [3.8, 4) is 5.75 Å². The molecular weight excluding hydrogens is 280 g/mol. The van der Waals surface area contributed by atoms with Crippen LogP contribution in [0.15, 0.2) is 18.2 Å². The van der Waals surface area contributed by atoms with Crippen LogP contribution in [0.3, 0.4) is 0 Å². The molecule has 1 amide bonds. The van der Waals surface area contributed by atoms with Crippen molar-refractivity contribution in [1.82, 2.24) is 20.4 Å². The molecule has 5 rings (SSSR count). The first-order valence-corrected chi connectivity index (χ1v) is 7.80. The van der Waals surface area contributed by atoms with Gasteiger partial charge in [0.15, 0.2) is 5.69 Å². The van der Waals surface area contributed by atoms with Crippen LogP contribution in [0.4, 0.5) is 0 Å². The molecule has 22 heavy (non-hydrogen) atoms. The molecule has 6 heteroatoms. The van der Waals surface area contributed by atoms with Crippen molar-refractivity contribution in [3.63, 3.8) is 0 Å². The summed E-state index contributed by atoms with van der Waals surface area (Å²) in [6, 6.07) is 5.83. The van der Waals surface area contributed by atoms with Gasteiger partial charge < -0.3 is 15.0 Å². The Bertz CT molecular complexity index is 703. The van der Waals surface area contributed by atoms with E-state index in [1.807, 2.05) is 18.2 Å². The highest BCUT2D eigenvalue weighted by atomic mass is 16.5. The fourth-order valence-electron chi connectivity index (χ4n) is 3.66. The number of methoxy groups -OCH3 is 1. The summed E-state index contributed by atoms with van der Waals surface area (Å²) in [7, 11) is 1.62. The number of hydrogen-bond donors (Lipinski definition) is 2. The number of nitrogens with zero attached hydrogens (tertiary/aromatic N) is 2. The average molecular weight is 300 g/mol. The van der Waals surface area contributed by atoms with Crippen LogP contribution in [0.1, 0.15) is 23.3 Å². The standard InChI is InChI=1S/C16H20N4O2/c1-22-11-2-3-12-13(8-11)18-19-15(12)16(21)17-14-9-20-6-4-10(14)5-7-20/h2-3,8,10,14H,4-7,9H2,1H3,(H,17,21)(H,18,19)/t14-/m0/s1. The number of H-pyrrole nitrogens is 1. The number of benzene rings is 1. The fourth-order valence-corrected chi connectivity index (χ4v) is 3.66. The normalized spacial score (nSPS) is 27.0. The number of hydrogen-bond acceptors (Lipinski definition) is 4. The Morgan fingerprint density at radius 3 is 2.91 bits per heavy atom. The fraction of sp³-hybridized carbons (Fsp3) is 0.500.